The van der Waals surface area contributed by atoms with Crippen molar-refractivity contribution in [2.45, 2.75) is 39.0 Å². The molecule has 0 aliphatic carbocycles. The third kappa shape index (κ3) is 11.2. The van der Waals surface area contributed by atoms with Gasteiger partial charge in [0.15, 0.2) is 46.1 Å². The number of fused-ring (bicyclic) bond motifs is 4. The molecule has 14 rings (SSSR count). The van der Waals surface area contributed by atoms with Crippen molar-refractivity contribution in [3.63, 3.8) is 0 Å². The molecule has 90 heavy (non-hydrogen) atoms. The van der Waals surface area contributed by atoms with Crippen molar-refractivity contribution in [3.8, 4) is 23.5 Å². The zero-order valence-corrected chi connectivity index (χ0v) is 48.0. The molecule has 2 aliphatic heterocycles. The summed E-state index contributed by atoms with van der Waals surface area (Å²) in [5.41, 5.74) is 17.3. The van der Waals surface area contributed by atoms with E-state index in [9.17, 15) is 10.8 Å². The van der Waals surface area contributed by atoms with Crippen molar-refractivity contribution in [2.75, 3.05) is 26.4 Å². The fourth-order valence-electron chi connectivity index (χ4n) is 10.2. The van der Waals surface area contributed by atoms with E-state index in [4.69, 9.17) is 70.8 Å². The molecule has 6 N–H and O–H groups in total. The number of aliphatic imine (C=N–C) groups is 4. The zero-order valence-electron chi connectivity index (χ0n) is 48.0. The van der Waals surface area contributed by atoms with Crippen LogP contribution in [0, 0.1) is 10.8 Å². The number of rotatable bonds is 23. The van der Waals surface area contributed by atoms with Gasteiger partial charge < -0.3 is 48.7 Å². The van der Waals surface area contributed by atoms with Crippen LogP contribution >= 0.6 is 0 Å². The summed E-state index contributed by atoms with van der Waals surface area (Å²) >= 11 is 0. The van der Waals surface area contributed by atoms with Gasteiger partial charge in [-0.3, -0.25) is 10.8 Å². The molecule has 0 amide bonds. The number of ether oxygens (including phenoxy) is 4. The fourth-order valence-corrected chi connectivity index (χ4v) is 10.2. The molecular weight excluding hydrogens is 1150 g/mol. The van der Waals surface area contributed by atoms with Crippen LogP contribution in [-0.2, 0) is 26.2 Å². The first-order valence-electron chi connectivity index (χ1n) is 28.6. The van der Waals surface area contributed by atoms with E-state index in [0.29, 0.717) is 61.1 Å². The average Bonchev–Trinajstić information content (AvgIpc) is 1.07. The number of imidazole rings is 4. The van der Waals surface area contributed by atoms with E-state index in [-0.39, 0.29) is 119 Å². The molecule has 30 heteroatoms. The summed E-state index contributed by atoms with van der Waals surface area (Å²) in [7, 11) is 0. The number of hydrogen-bond donors (Lipinski definition) is 4. The van der Waals surface area contributed by atoms with Crippen LogP contribution in [0.5, 0.6) is 23.5 Å². The number of aryl methyl sites for hydroxylation is 2. The van der Waals surface area contributed by atoms with Gasteiger partial charge in [0.25, 0.3) is 23.5 Å². The zero-order chi connectivity index (χ0) is 60.9. The Kier molecular flexibility index (Phi) is 15.1. The maximum absolute atomic E-state index is 10.1. The highest BCUT2D eigenvalue weighted by Gasteiger charge is 2.43. The quantitative estimate of drug-likeness (QED) is 0.0487. The summed E-state index contributed by atoms with van der Waals surface area (Å²) in [5.74, 6) is 0.293. The highest BCUT2D eigenvalue weighted by atomic mass is 16.5. The lowest BCUT2D eigenvalue weighted by Crippen LogP contribution is -2.63. The fraction of sp³-hybridized carbons (Fsp3) is 0.167. The Labute approximate surface area is 510 Å². The Balaban J connectivity index is 1.01. The van der Waals surface area contributed by atoms with E-state index in [0.717, 1.165) is 0 Å². The van der Waals surface area contributed by atoms with Crippen LogP contribution in [0.1, 0.15) is 12.8 Å². The highest BCUT2D eigenvalue weighted by molar-refractivity contribution is 6.54. The first kappa shape index (κ1) is 55.4. The maximum atomic E-state index is 10.1. The summed E-state index contributed by atoms with van der Waals surface area (Å²) in [4.78, 5) is 38.5. The van der Waals surface area contributed by atoms with Crippen molar-refractivity contribution in [1.82, 2.24) is 86.7 Å². The molecule has 0 saturated heterocycles. The normalized spacial score (nSPS) is 15.6. The molecule has 0 atom stereocenters. The number of nitrogens with one attached hydrogen (secondary N) is 2. The minimum Gasteiger partial charge on any atom is -0.475 e. The average molecular weight is 1210 g/mol. The Hall–Kier alpha value is -12.5. The van der Waals surface area contributed by atoms with Gasteiger partial charge in [-0.05, 0) is 73.5 Å². The van der Waals surface area contributed by atoms with E-state index in [1.54, 1.807) is 92.9 Å². The summed E-state index contributed by atoms with van der Waals surface area (Å²) in [5, 5.41) is 42.7. The van der Waals surface area contributed by atoms with E-state index in [2.05, 4.69) is 19.9 Å². The minimum atomic E-state index is -0.211. The van der Waals surface area contributed by atoms with Crippen molar-refractivity contribution in [1.29, 1.82) is 10.8 Å². The predicted molar refractivity (Wildman–Crippen MR) is 333 cm³/mol. The van der Waals surface area contributed by atoms with Crippen molar-refractivity contribution in [3.05, 3.63) is 196 Å². The molecular formula is C60H56N26O4. The Morgan fingerprint density at radius 2 is 0.667 bits per heavy atom. The van der Waals surface area contributed by atoms with Crippen LogP contribution in [0.15, 0.2) is 216 Å². The summed E-state index contributed by atoms with van der Waals surface area (Å²) in [6.45, 7) is 2.90. The third-order valence-corrected chi connectivity index (χ3v) is 14.4. The standard InChI is InChI=1S/C60H56N26O4/c61-41-35-42(62)54(70-50-46-12-2-6-22-82(46)74-58(50)88-32-10-20-78-26-16-66-38-78)85(53(41)69-49-45-11-1-5-21-81(45)73-57(49)87-31-9-19-77-25-15-65-37-77)86-55(71-51-47-13-3-7-23-83(47)75-59(51)89-33-29-79-27-17-67-39-79)43(63)36-44(64)56(86)72-52-48-14-4-8-24-84(48)76-60(52)90-34-30-80-28-18-68-40-80/h1-8,11-18,21-28,35-40,61,63H,9-10,19-20,29-34,62,64H2. The van der Waals surface area contributed by atoms with Gasteiger partial charge in [0, 0.05) is 87.5 Å². The maximum Gasteiger partial charge on any atom is 0.260 e. The summed E-state index contributed by atoms with van der Waals surface area (Å²) in [6, 6.07) is 22.1. The van der Waals surface area contributed by atoms with Crippen LogP contribution in [-0.4, -0.2) is 148 Å². The van der Waals surface area contributed by atoms with Gasteiger partial charge in [-0.25, -0.2) is 68.0 Å². The Morgan fingerprint density at radius 3 is 0.978 bits per heavy atom. The van der Waals surface area contributed by atoms with E-state index in [1.807, 2.05) is 116 Å². The summed E-state index contributed by atoms with van der Waals surface area (Å²) in [6.07, 6.45) is 32.3. The number of pyridine rings is 4. The lowest BCUT2D eigenvalue weighted by molar-refractivity contribution is 0.286. The van der Waals surface area contributed by atoms with Gasteiger partial charge in [0.1, 0.15) is 24.6 Å². The lowest BCUT2D eigenvalue weighted by atomic mass is 10.1. The third-order valence-electron chi connectivity index (χ3n) is 14.4. The molecule has 0 saturated carbocycles. The first-order valence-corrected chi connectivity index (χ1v) is 28.6. The topological polar surface area (TPSA) is 333 Å². The molecule has 0 unspecified atom stereocenters. The van der Waals surface area contributed by atoms with E-state index >= 15 is 0 Å². The molecule has 450 valence electrons. The lowest BCUT2D eigenvalue weighted by Gasteiger charge is -2.42. The van der Waals surface area contributed by atoms with E-state index < -0.39 is 0 Å². The molecule has 0 aromatic carbocycles. The van der Waals surface area contributed by atoms with Crippen molar-refractivity contribution in [2.24, 2.45) is 31.4 Å². The van der Waals surface area contributed by atoms with Crippen LogP contribution in [0.4, 0.5) is 22.7 Å². The number of amidine groups is 4. The number of aromatic nitrogens is 16. The van der Waals surface area contributed by atoms with Gasteiger partial charge in [0.05, 0.1) is 85.1 Å². The molecule has 0 bridgehead atoms. The second-order valence-electron chi connectivity index (χ2n) is 20.4. The van der Waals surface area contributed by atoms with Crippen LogP contribution in [0.2, 0.25) is 0 Å². The number of nitrogens with zero attached hydrogens (tertiary/aromatic N) is 22. The second-order valence-corrected chi connectivity index (χ2v) is 20.4. The molecule has 0 fully saturated rings. The minimum absolute atomic E-state index is 0.0199. The molecule has 12 aromatic heterocycles. The largest absolute Gasteiger partial charge is 0.475 e. The molecule has 2 aliphatic rings. The van der Waals surface area contributed by atoms with E-state index in [1.165, 1.54) is 22.2 Å². The smallest absolute Gasteiger partial charge is 0.260 e. The van der Waals surface area contributed by atoms with Crippen LogP contribution in [0.3, 0.4) is 0 Å². The highest BCUT2D eigenvalue weighted by Crippen LogP contribution is 2.40. The van der Waals surface area contributed by atoms with Gasteiger partial charge in [0.2, 0.25) is 0 Å². The first-order chi connectivity index (χ1) is 44.3. The number of hydrazine groups is 1. The van der Waals surface area contributed by atoms with Gasteiger partial charge in [-0.1, -0.05) is 24.3 Å². The van der Waals surface area contributed by atoms with Crippen molar-refractivity contribution >= 4 is 79.6 Å². The second kappa shape index (κ2) is 24.5. The molecule has 0 radical (unpaired) electrons. The molecule has 0 spiro atoms. The van der Waals surface area contributed by atoms with Crippen LogP contribution < -0.4 is 30.4 Å². The molecule has 30 nitrogen and oxygen atoms in total. The molecule has 14 heterocycles. The monoisotopic (exact) mass is 1200 g/mol. The van der Waals surface area contributed by atoms with Gasteiger partial charge in [-0.2, -0.15) is 0 Å². The summed E-state index contributed by atoms with van der Waals surface area (Å²) < 4.78 is 40.3. The van der Waals surface area contributed by atoms with Crippen molar-refractivity contribution < 1.29 is 18.9 Å². The number of nitrogens with two attached hydrogens (primary N) is 2. The molecule has 12 aromatic rings. The SMILES string of the molecule is N=C1C=C(N)C(=Nc2c(OCCCn3ccnc3)nn3ccccc23)N(N2C(=Nc3c(OCCn4ccnc4)nn4ccccc34)C(=N)C=C(N)C2=Nc2c(OCCn3ccnc3)nn3ccccc23)C1=Nc1c(OCCCn2ccnc2)nn2ccccc12. The number of hydrogen-bond acceptors (Lipinski definition) is 20. The Morgan fingerprint density at radius 1 is 0.367 bits per heavy atom. The Bertz CT molecular complexity index is 4770. The van der Waals surface area contributed by atoms with Gasteiger partial charge >= 0.3 is 0 Å². The van der Waals surface area contributed by atoms with Crippen LogP contribution in [0.25, 0.3) is 22.1 Å². The van der Waals surface area contributed by atoms with Gasteiger partial charge in [-0.15, -0.1) is 20.4 Å². The predicted octanol–water partition coefficient (Wildman–Crippen LogP) is 6.65.